The summed E-state index contributed by atoms with van der Waals surface area (Å²) in [5, 5.41) is 17.5. The van der Waals surface area contributed by atoms with Crippen LogP contribution in [0.3, 0.4) is 0 Å². The molecule has 8 heteroatoms. The van der Waals surface area contributed by atoms with Gasteiger partial charge in [0.25, 0.3) is 0 Å². The van der Waals surface area contributed by atoms with E-state index < -0.39 is 18.0 Å². The number of rotatable bonds is 5. The molecule has 0 radical (unpaired) electrons. The molecule has 0 spiro atoms. The van der Waals surface area contributed by atoms with Gasteiger partial charge in [-0.25, -0.2) is 9.48 Å². The standard InChI is InChI=1S/C10H16N4O4/c1-6(9(15)16)12-10(17)11-5-7-4-8(18-3)14(2)13-7/h4,6H,5H2,1-3H3,(H,15,16)(H2,11,12,17). The van der Waals surface area contributed by atoms with Gasteiger partial charge in [-0.2, -0.15) is 5.10 Å². The fraction of sp³-hybridized carbons (Fsp3) is 0.500. The van der Waals surface area contributed by atoms with Crippen LogP contribution in [0, 0.1) is 0 Å². The lowest BCUT2D eigenvalue weighted by Gasteiger charge is -2.09. The summed E-state index contributed by atoms with van der Waals surface area (Å²) in [4.78, 5) is 21.9. The monoisotopic (exact) mass is 256 g/mol. The Hall–Kier alpha value is -2.25. The number of aromatic nitrogens is 2. The molecule has 1 heterocycles. The highest BCUT2D eigenvalue weighted by Gasteiger charge is 2.14. The first-order valence-electron chi connectivity index (χ1n) is 5.28. The van der Waals surface area contributed by atoms with E-state index in [2.05, 4.69) is 15.7 Å². The van der Waals surface area contributed by atoms with Crippen LogP contribution in [-0.4, -0.2) is 40.0 Å². The lowest BCUT2D eigenvalue weighted by Crippen LogP contribution is -2.44. The molecule has 0 aromatic carbocycles. The van der Waals surface area contributed by atoms with Crippen molar-refractivity contribution in [3.05, 3.63) is 11.8 Å². The van der Waals surface area contributed by atoms with Crippen LogP contribution < -0.4 is 15.4 Å². The molecule has 100 valence electrons. The molecular formula is C10H16N4O4. The highest BCUT2D eigenvalue weighted by atomic mass is 16.5. The van der Waals surface area contributed by atoms with Gasteiger partial charge in [0.1, 0.15) is 6.04 Å². The zero-order valence-corrected chi connectivity index (χ0v) is 10.4. The predicted molar refractivity (Wildman–Crippen MR) is 62.2 cm³/mol. The summed E-state index contributed by atoms with van der Waals surface area (Å²) in [6.45, 7) is 1.57. The van der Waals surface area contributed by atoms with Gasteiger partial charge in [0.15, 0.2) is 0 Å². The van der Waals surface area contributed by atoms with Crippen molar-refractivity contribution in [2.24, 2.45) is 7.05 Å². The molecule has 0 saturated carbocycles. The fourth-order valence-corrected chi connectivity index (χ4v) is 1.26. The second-order valence-electron chi connectivity index (χ2n) is 3.69. The number of ether oxygens (including phenoxy) is 1. The van der Waals surface area contributed by atoms with Crippen molar-refractivity contribution in [2.75, 3.05) is 7.11 Å². The Morgan fingerprint density at radius 1 is 1.61 bits per heavy atom. The third-order valence-corrected chi connectivity index (χ3v) is 2.24. The molecule has 0 aliphatic carbocycles. The molecule has 2 amide bonds. The smallest absolute Gasteiger partial charge is 0.325 e. The number of urea groups is 1. The quantitative estimate of drug-likeness (QED) is 0.670. The van der Waals surface area contributed by atoms with E-state index in [9.17, 15) is 9.59 Å². The molecule has 0 bridgehead atoms. The third kappa shape index (κ3) is 3.65. The van der Waals surface area contributed by atoms with Gasteiger partial charge in [-0.05, 0) is 6.92 Å². The van der Waals surface area contributed by atoms with Crippen LogP contribution >= 0.6 is 0 Å². The number of aryl methyl sites for hydroxylation is 1. The molecule has 1 unspecified atom stereocenters. The third-order valence-electron chi connectivity index (χ3n) is 2.24. The minimum Gasteiger partial charge on any atom is -0.481 e. The van der Waals surface area contributed by atoms with Crippen LogP contribution in [0.4, 0.5) is 4.79 Å². The number of hydrogen-bond donors (Lipinski definition) is 3. The van der Waals surface area contributed by atoms with Crippen molar-refractivity contribution in [1.82, 2.24) is 20.4 Å². The second kappa shape index (κ2) is 5.89. The molecule has 0 aliphatic rings. The first kappa shape index (κ1) is 13.8. The zero-order valence-electron chi connectivity index (χ0n) is 10.4. The molecule has 0 fully saturated rings. The number of nitrogens with one attached hydrogen (secondary N) is 2. The summed E-state index contributed by atoms with van der Waals surface area (Å²) in [6, 6.07) is 0.179. The molecule has 1 aromatic heterocycles. The normalized spacial score (nSPS) is 11.7. The van der Waals surface area contributed by atoms with Gasteiger partial charge < -0.3 is 20.5 Å². The summed E-state index contributed by atoms with van der Waals surface area (Å²) in [5.74, 6) is -0.518. The Balaban J connectivity index is 2.44. The molecule has 0 saturated heterocycles. The average Bonchev–Trinajstić information content (AvgIpc) is 2.67. The number of carboxylic acid groups (broad SMARTS) is 1. The number of aliphatic carboxylic acids is 1. The Morgan fingerprint density at radius 3 is 2.78 bits per heavy atom. The van der Waals surface area contributed by atoms with Gasteiger partial charge in [0.2, 0.25) is 5.88 Å². The molecule has 1 aromatic rings. The number of hydrogen-bond acceptors (Lipinski definition) is 4. The van der Waals surface area contributed by atoms with E-state index in [-0.39, 0.29) is 6.54 Å². The van der Waals surface area contributed by atoms with Gasteiger partial charge in [-0.3, -0.25) is 4.79 Å². The molecular weight excluding hydrogens is 240 g/mol. The Morgan fingerprint density at radius 2 is 2.28 bits per heavy atom. The van der Waals surface area contributed by atoms with Crippen molar-refractivity contribution in [2.45, 2.75) is 19.5 Å². The Kier molecular flexibility index (Phi) is 4.52. The van der Waals surface area contributed by atoms with Crippen molar-refractivity contribution in [1.29, 1.82) is 0 Å². The van der Waals surface area contributed by atoms with E-state index in [1.54, 1.807) is 13.1 Å². The van der Waals surface area contributed by atoms with Crippen LogP contribution in [-0.2, 0) is 18.4 Å². The van der Waals surface area contributed by atoms with Crippen LogP contribution in [0.15, 0.2) is 6.07 Å². The predicted octanol–water partition coefficient (Wildman–Crippen LogP) is -0.299. The number of amides is 2. The zero-order chi connectivity index (χ0) is 13.7. The summed E-state index contributed by atoms with van der Waals surface area (Å²) < 4.78 is 6.56. The Labute approximate surface area is 104 Å². The van der Waals surface area contributed by atoms with E-state index in [1.165, 1.54) is 18.7 Å². The van der Waals surface area contributed by atoms with Crippen molar-refractivity contribution < 1.29 is 19.4 Å². The van der Waals surface area contributed by atoms with E-state index in [4.69, 9.17) is 9.84 Å². The summed E-state index contributed by atoms with van der Waals surface area (Å²) in [5.41, 5.74) is 0.618. The molecule has 8 nitrogen and oxygen atoms in total. The molecule has 1 atom stereocenters. The van der Waals surface area contributed by atoms with Crippen LogP contribution in [0.1, 0.15) is 12.6 Å². The molecule has 18 heavy (non-hydrogen) atoms. The van der Waals surface area contributed by atoms with Crippen LogP contribution in [0.5, 0.6) is 5.88 Å². The van der Waals surface area contributed by atoms with Gasteiger partial charge in [0.05, 0.1) is 19.3 Å². The van der Waals surface area contributed by atoms with Gasteiger partial charge in [-0.15, -0.1) is 0 Å². The first-order chi connectivity index (χ1) is 8.43. The van der Waals surface area contributed by atoms with Gasteiger partial charge in [0, 0.05) is 13.1 Å². The van der Waals surface area contributed by atoms with Crippen molar-refractivity contribution in [3.63, 3.8) is 0 Å². The van der Waals surface area contributed by atoms with E-state index in [0.29, 0.717) is 11.6 Å². The SMILES string of the molecule is COc1cc(CNC(=O)NC(C)C(=O)O)nn1C. The summed E-state index contributed by atoms with van der Waals surface area (Å²) >= 11 is 0. The van der Waals surface area contributed by atoms with Gasteiger partial charge >= 0.3 is 12.0 Å². The van der Waals surface area contributed by atoms with Crippen molar-refractivity contribution >= 4 is 12.0 Å². The maximum Gasteiger partial charge on any atom is 0.325 e. The number of nitrogens with zero attached hydrogens (tertiary/aromatic N) is 2. The highest BCUT2D eigenvalue weighted by molar-refractivity contribution is 5.82. The minimum absolute atomic E-state index is 0.190. The molecule has 1 rings (SSSR count). The second-order valence-corrected chi connectivity index (χ2v) is 3.69. The van der Waals surface area contributed by atoms with Crippen LogP contribution in [0.2, 0.25) is 0 Å². The summed E-state index contributed by atoms with van der Waals surface area (Å²) in [7, 11) is 3.24. The minimum atomic E-state index is -1.09. The van der Waals surface area contributed by atoms with Gasteiger partial charge in [-0.1, -0.05) is 0 Å². The molecule has 0 aliphatic heterocycles. The average molecular weight is 256 g/mol. The molecule has 3 N–H and O–H groups in total. The highest BCUT2D eigenvalue weighted by Crippen LogP contribution is 2.10. The number of carboxylic acids is 1. The largest absolute Gasteiger partial charge is 0.481 e. The maximum absolute atomic E-state index is 11.3. The van der Waals surface area contributed by atoms with E-state index in [1.807, 2.05) is 0 Å². The van der Waals surface area contributed by atoms with Crippen molar-refractivity contribution in [3.8, 4) is 5.88 Å². The first-order valence-corrected chi connectivity index (χ1v) is 5.28. The van der Waals surface area contributed by atoms with Crippen LogP contribution in [0.25, 0.3) is 0 Å². The maximum atomic E-state index is 11.3. The summed E-state index contributed by atoms with van der Waals surface area (Å²) in [6.07, 6.45) is 0. The topological polar surface area (TPSA) is 105 Å². The van der Waals surface area contributed by atoms with E-state index >= 15 is 0 Å². The number of carbonyl (C=O) groups is 2. The lowest BCUT2D eigenvalue weighted by molar-refractivity contribution is -0.138. The van der Waals surface area contributed by atoms with E-state index in [0.717, 1.165) is 0 Å². The Bertz CT molecular complexity index is 443. The number of methoxy groups -OCH3 is 1. The number of carbonyl (C=O) groups excluding carboxylic acids is 1. The fourth-order valence-electron chi connectivity index (χ4n) is 1.26. The lowest BCUT2D eigenvalue weighted by atomic mass is 10.3.